The molecule has 0 bridgehead atoms. The van der Waals surface area contributed by atoms with Crippen molar-refractivity contribution >= 4 is 22.7 Å². The molecule has 0 atom stereocenters. The molecule has 1 aliphatic carbocycles. The number of nitrogens with one attached hydrogen (secondary N) is 2. The van der Waals surface area contributed by atoms with Crippen molar-refractivity contribution in [2.45, 2.75) is 37.8 Å². The molecule has 2 aliphatic rings. The topological polar surface area (TPSA) is 56.3 Å². The molecule has 208 valence electrons. The van der Waals surface area contributed by atoms with E-state index in [4.69, 9.17) is 9.97 Å². The fourth-order valence-electron chi connectivity index (χ4n) is 6.48. The number of fused-ring (bicyclic) bond motifs is 1. The van der Waals surface area contributed by atoms with Crippen molar-refractivity contribution in [1.82, 2.24) is 20.2 Å². The lowest BCUT2D eigenvalue weighted by Gasteiger charge is -2.45. The zero-order valence-corrected chi connectivity index (χ0v) is 23.8. The second-order valence-electron chi connectivity index (χ2n) is 11.8. The van der Waals surface area contributed by atoms with Crippen molar-refractivity contribution in [1.29, 1.82) is 0 Å². The Hall–Kier alpha value is -3.48. The molecule has 3 aromatic carbocycles. The summed E-state index contributed by atoms with van der Waals surface area (Å²) >= 11 is 0. The predicted octanol–water partition coefficient (Wildman–Crippen LogP) is 5.98. The number of para-hydroxylation sites is 1. The summed E-state index contributed by atoms with van der Waals surface area (Å²) in [6.45, 7) is 4.54. The third-order valence-corrected chi connectivity index (χ3v) is 8.63. The van der Waals surface area contributed by atoms with Gasteiger partial charge in [-0.2, -0.15) is 4.98 Å². The molecule has 1 saturated heterocycles. The van der Waals surface area contributed by atoms with Crippen LogP contribution in [0.5, 0.6) is 0 Å². The lowest BCUT2D eigenvalue weighted by Crippen LogP contribution is -2.52. The van der Waals surface area contributed by atoms with Gasteiger partial charge in [0, 0.05) is 45.2 Å². The molecule has 2 fully saturated rings. The Balaban J connectivity index is 0.952. The molecular weight excluding hydrogens is 492 g/mol. The molecule has 6 nitrogen and oxygen atoms in total. The van der Waals surface area contributed by atoms with Crippen molar-refractivity contribution in [3.05, 3.63) is 96.1 Å². The first kappa shape index (κ1) is 26.7. The van der Waals surface area contributed by atoms with E-state index in [0.29, 0.717) is 12.1 Å². The zero-order chi connectivity index (χ0) is 27.3. The highest BCUT2D eigenvalue weighted by Gasteiger charge is 2.33. The molecule has 0 radical (unpaired) electrons. The molecule has 1 saturated carbocycles. The highest BCUT2D eigenvalue weighted by Crippen LogP contribution is 2.34. The van der Waals surface area contributed by atoms with E-state index >= 15 is 0 Å². The first-order valence-electron chi connectivity index (χ1n) is 14.9. The largest absolute Gasteiger partial charge is 0.362 e. The molecule has 2 heterocycles. The summed E-state index contributed by atoms with van der Waals surface area (Å²) in [5.41, 5.74) is 3.77. The van der Waals surface area contributed by atoms with Gasteiger partial charge in [-0.05, 0) is 67.3 Å². The number of aromatic nitrogens is 2. The van der Waals surface area contributed by atoms with Crippen LogP contribution in [0.2, 0.25) is 0 Å². The van der Waals surface area contributed by atoms with Gasteiger partial charge in [0.1, 0.15) is 5.82 Å². The molecule has 1 aliphatic heterocycles. The third kappa shape index (κ3) is 6.13. The summed E-state index contributed by atoms with van der Waals surface area (Å²) in [6.07, 6.45) is 4.85. The van der Waals surface area contributed by atoms with E-state index in [1.54, 1.807) is 0 Å². The minimum atomic E-state index is 0.349. The van der Waals surface area contributed by atoms with Crippen molar-refractivity contribution in [2.75, 3.05) is 50.5 Å². The van der Waals surface area contributed by atoms with E-state index in [1.807, 2.05) is 26.2 Å². The van der Waals surface area contributed by atoms with Gasteiger partial charge in [-0.3, -0.25) is 4.90 Å². The molecule has 0 unspecified atom stereocenters. The maximum absolute atomic E-state index is 4.84. The summed E-state index contributed by atoms with van der Waals surface area (Å²) in [4.78, 5) is 14.4. The monoisotopic (exact) mass is 534 g/mol. The highest BCUT2D eigenvalue weighted by atomic mass is 15.2. The number of rotatable bonds is 10. The van der Waals surface area contributed by atoms with Crippen molar-refractivity contribution < 1.29 is 0 Å². The van der Waals surface area contributed by atoms with Gasteiger partial charge in [0.05, 0.1) is 11.6 Å². The molecule has 6 heteroatoms. The van der Waals surface area contributed by atoms with Crippen LogP contribution in [-0.2, 0) is 0 Å². The molecular formula is C34H42N6. The van der Waals surface area contributed by atoms with Gasteiger partial charge in [-0.15, -0.1) is 0 Å². The Morgan fingerprint density at radius 1 is 0.750 bits per heavy atom. The van der Waals surface area contributed by atoms with Crippen LogP contribution in [0.1, 0.15) is 42.9 Å². The van der Waals surface area contributed by atoms with Crippen molar-refractivity contribution in [2.24, 2.45) is 11.8 Å². The average Bonchev–Trinajstić information content (AvgIpc) is 2.97. The van der Waals surface area contributed by atoms with Crippen LogP contribution < -0.4 is 15.5 Å². The van der Waals surface area contributed by atoms with Gasteiger partial charge in [-0.25, -0.2) is 4.98 Å². The fraction of sp³-hybridized carbons (Fsp3) is 0.412. The molecule has 0 amide bonds. The number of nitrogens with zero attached hydrogens (tertiary/aromatic N) is 4. The Labute approximate surface area is 238 Å². The minimum absolute atomic E-state index is 0.349. The first-order chi connectivity index (χ1) is 19.6. The van der Waals surface area contributed by atoms with Crippen LogP contribution in [0.15, 0.2) is 84.9 Å². The van der Waals surface area contributed by atoms with Crippen molar-refractivity contribution in [3.63, 3.8) is 0 Å². The number of hydrogen-bond donors (Lipinski definition) is 2. The van der Waals surface area contributed by atoms with Crippen LogP contribution in [-0.4, -0.2) is 61.2 Å². The van der Waals surface area contributed by atoms with E-state index in [2.05, 4.69) is 93.2 Å². The standard InChI is InChI=1S/C34H42N6/c1-39(2)33-30-15-9-10-16-31(30)37-34(38-33)36-29-19-17-25(18-20-29)21-35-22-26-23-40(24-26)32(27-11-5-3-6-12-27)28-13-7-4-8-14-28/h3-16,25-26,29,32,35H,17-24H2,1-2H3,(H,36,37,38). The van der Waals surface area contributed by atoms with Gasteiger partial charge < -0.3 is 15.5 Å². The summed E-state index contributed by atoms with van der Waals surface area (Å²) in [5, 5.41) is 8.57. The molecule has 1 aromatic heterocycles. The van der Waals surface area contributed by atoms with E-state index in [0.717, 1.165) is 60.7 Å². The molecule has 0 spiro atoms. The van der Waals surface area contributed by atoms with Gasteiger partial charge in [0.25, 0.3) is 0 Å². The second-order valence-corrected chi connectivity index (χ2v) is 11.8. The average molecular weight is 535 g/mol. The second kappa shape index (κ2) is 12.4. The number of benzene rings is 3. The smallest absolute Gasteiger partial charge is 0.225 e. The predicted molar refractivity (Wildman–Crippen MR) is 166 cm³/mol. The van der Waals surface area contributed by atoms with Crippen LogP contribution >= 0.6 is 0 Å². The van der Waals surface area contributed by atoms with E-state index in [1.165, 1.54) is 36.8 Å². The molecule has 6 rings (SSSR count). The third-order valence-electron chi connectivity index (χ3n) is 8.63. The van der Waals surface area contributed by atoms with Crippen LogP contribution in [0.25, 0.3) is 10.9 Å². The summed E-state index contributed by atoms with van der Waals surface area (Å²) < 4.78 is 0. The van der Waals surface area contributed by atoms with Gasteiger partial charge in [0.2, 0.25) is 5.95 Å². The minimum Gasteiger partial charge on any atom is -0.362 e. The number of hydrogen-bond acceptors (Lipinski definition) is 6. The Morgan fingerprint density at radius 2 is 1.35 bits per heavy atom. The van der Waals surface area contributed by atoms with Crippen LogP contribution in [0.4, 0.5) is 11.8 Å². The summed E-state index contributed by atoms with van der Waals surface area (Å²) in [7, 11) is 4.09. The van der Waals surface area contributed by atoms with E-state index in [-0.39, 0.29) is 0 Å². The lowest BCUT2D eigenvalue weighted by molar-refractivity contribution is 0.0675. The normalized spacial score (nSPS) is 20.0. The van der Waals surface area contributed by atoms with Crippen LogP contribution in [0, 0.1) is 11.8 Å². The fourth-order valence-corrected chi connectivity index (χ4v) is 6.48. The zero-order valence-electron chi connectivity index (χ0n) is 23.8. The Bertz CT molecular complexity index is 1320. The molecule has 2 N–H and O–H groups in total. The van der Waals surface area contributed by atoms with E-state index in [9.17, 15) is 0 Å². The highest BCUT2D eigenvalue weighted by molar-refractivity contribution is 5.90. The van der Waals surface area contributed by atoms with Crippen LogP contribution in [0.3, 0.4) is 0 Å². The van der Waals surface area contributed by atoms with Crippen molar-refractivity contribution in [3.8, 4) is 0 Å². The quantitative estimate of drug-likeness (QED) is 0.261. The Kier molecular flexibility index (Phi) is 8.26. The van der Waals surface area contributed by atoms with Gasteiger partial charge in [-0.1, -0.05) is 72.8 Å². The molecule has 4 aromatic rings. The summed E-state index contributed by atoms with van der Waals surface area (Å²) in [6, 6.07) is 31.0. The van der Waals surface area contributed by atoms with E-state index < -0.39 is 0 Å². The Morgan fingerprint density at radius 3 is 2.00 bits per heavy atom. The summed E-state index contributed by atoms with van der Waals surface area (Å²) in [5.74, 6) is 3.21. The SMILES string of the molecule is CN(C)c1nc(NC2CCC(CNCC3CN(C(c4ccccc4)c4ccccc4)C3)CC2)nc2ccccc12. The maximum atomic E-state index is 4.84. The number of anilines is 2. The number of likely N-dealkylation sites (tertiary alicyclic amines) is 1. The lowest BCUT2D eigenvalue weighted by atomic mass is 9.85. The first-order valence-corrected chi connectivity index (χ1v) is 14.9. The van der Waals surface area contributed by atoms with Gasteiger partial charge >= 0.3 is 0 Å². The molecule has 40 heavy (non-hydrogen) atoms. The van der Waals surface area contributed by atoms with Gasteiger partial charge in [0.15, 0.2) is 0 Å². The maximum Gasteiger partial charge on any atom is 0.225 e.